The molecule has 0 spiro atoms. The number of hydrogen-bond donors (Lipinski definition) is 2. The number of nitrogens with zero attached hydrogens (tertiary/aromatic N) is 5. The molecule has 2 aromatic rings. The lowest BCUT2D eigenvalue weighted by atomic mass is 10.3. The standard InChI is InChI=1S/C9H13N7/c10-13-8-7-9(12-5-11-8)16(15-14-7)4-3-6-1-2-6/h5-6H,1-4,10H2,(H,11,12,13). The molecule has 1 fully saturated rings. The first-order valence-corrected chi connectivity index (χ1v) is 5.39. The van der Waals surface area contributed by atoms with Crippen LogP contribution in [0.25, 0.3) is 11.2 Å². The maximum atomic E-state index is 5.34. The monoisotopic (exact) mass is 219 g/mol. The van der Waals surface area contributed by atoms with Crippen LogP contribution in [0, 0.1) is 5.92 Å². The Morgan fingerprint density at radius 2 is 2.31 bits per heavy atom. The van der Waals surface area contributed by atoms with Crippen molar-refractivity contribution in [2.24, 2.45) is 11.8 Å². The van der Waals surface area contributed by atoms with Gasteiger partial charge in [0.2, 0.25) is 0 Å². The molecule has 0 radical (unpaired) electrons. The molecule has 1 saturated carbocycles. The molecule has 0 aromatic carbocycles. The molecule has 2 heterocycles. The summed E-state index contributed by atoms with van der Waals surface area (Å²) < 4.78 is 1.82. The minimum atomic E-state index is 0.516. The minimum Gasteiger partial charge on any atom is -0.306 e. The minimum absolute atomic E-state index is 0.516. The van der Waals surface area contributed by atoms with Crippen molar-refractivity contribution in [3.63, 3.8) is 0 Å². The average molecular weight is 219 g/mol. The lowest BCUT2D eigenvalue weighted by Crippen LogP contribution is -2.09. The highest BCUT2D eigenvalue weighted by molar-refractivity contribution is 5.81. The average Bonchev–Trinajstić information content (AvgIpc) is 3.06. The molecule has 16 heavy (non-hydrogen) atoms. The van der Waals surface area contributed by atoms with Gasteiger partial charge < -0.3 is 5.43 Å². The smallest absolute Gasteiger partial charge is 0.183 e. The summed E-state index contributed by atoms with van der Waals surface area (Å²) in [4.78, 5) is 8.16. The second kappa shape index (κ2) is 3.67. The molecule has 1 aliphatic carbocycles. The number of hydrogen-bond acceptors (Lipinski definition) is 6. The number of fused-ring (bicyclic) bond motifs is 1. The Morgan fingerprint density at radius 1 is 1.44 bits per heavy atom. The number of nitrogens with one attached hydrogen (secondary N) is 1. The van der Waals surface area contributed by atoms with Gasteiger partial charge in [-0.1, -0.05) is 18.1 Å². The Morgan fingerprint density at radius 3 is 3.06 bits per heavy atom. The van der Waals surface area contributed by atoms with Crippen LogP contribution in [0.15, 0.2) is 6.33 Å². The molecule has 0 atom stereocenters. The Hall–Kier alpha value is -1.76. The quantitative estimate of drug-likeness (QED) is 0.567. The van der Waals surface area contributed by atoms with Crippen molar-refractivity contribution in [2.75, 3.05) is 5.43 Å². The van der Waals surface area contributed by atoms with Crippen LogP contribution in [0.3, 0.4) is 0 Å². The van der Waals surface area contributed by atoms with Crippen LogP contribution >= 0.6 is 0 Å². The third-order valence-electron chi connectivity index (χ3n) is 2.88. The Balaban J connectivity index is 1.92. The number of anilines is 1. The third kappa shape index (κ3) is 1.58. The van der Waals surface area contributed by atoms with Gasteiger partial charge >= 0.3 is 0 Å². The predicted octanol–water partition coefficient (Wildman–Crippen LogP) is 0.307. The van der Waals surface area contributed by atoms with Crippen LogP contribution in [-0.4, -0.2) is 25.0 Å². The van der Waals surface area contributed by atoms with Gasteiger partial charge in [0.05, 0.1) is 0 Å². The van der Waals surface area contributed by atoms with Gasteiger partial charge in [-0.2, -0.15) is 0 Å². The van der Waals surface area contributed by atoms with Crippen molar-refractivity contribution in [1.82, 2.24) is 25.0 Å². The fourth-order valence-electron chi connectivity index (χ4n) is 1.76. The van der Waals surface area contributed by atoms with Gasteiger partial charge in [0.25, 0.3) is 0 Å². The molecule has 7 nitrogen and oxygen atoms in total. The van der Waals surface area contributed by atoms with E-state index in [9.17, 15) is 0 Å². The van der Waals surface area contributed by atoms with Gasteiger partial charge in [0.15, 0.2) is 17.0 Å². The molecule has 7 heteroatoms. The highest BCUT2D eigenvalue weighted by atomic mass is 15.4. The normalized spacial score (nSPS) is 15.6. The van der Waals surface area contributed by atoms with Crippen LogP contribution in [0.2, 0.25) is 0 Å². The zero-order valence-corrected chi connectivity index (χ0v) is 8.80. The molecule has 3 N–H and O–H groups in total. The summed E-state index contributed by atoms with van der Waals surface area (Å²) >= 11 is 0. The molecular formula is C9H13N7. The molecule has 0 aliphatic heterocycles. The van der Waals surface area contributed by atoms with Crippen LogP contribution in [0.5, 0.6) is 0 Å². The summed E-state index contributed by atoms with van der Waals surface area (Å²) in [7, 11) is 0. The molecule has 84 valence electrons. The number of hydrazine groups is 1. The summed E-state index contributed by atoms with van der Waals surface area (Å²) in [6, 6.07) is 0. The van der Waals surface area contributed by atoms with E-state index in [1.807, 2.05) is 4.68 Å². The third-order valence-corrected chi connectivity index (χ3v) is 2.88. The van der Waals surface area contributed by atoms with E-state index in [1.54, 1.807) is 0 Å². The maximum Gasteiger partial charge on any atom is 0.183 e. The lowest BCUT2D eigenvalue weighted by Gasteiger charge is -2.01. The Kier molecular flexibility index (Phi) is 2.17. The summed E-state index contributed by atoms with van der Waals surface area (Å²) in [6.45, 7) is 0.863. The number of aromatic nitrogens is 5. The zero-order valence-electron chi connectivity index (χ0n) is 8.80. The van der Waals surface area contributed by atoms with E-state index in [0.717, 1.165) is 24.5 Å². The number of nitrogen functional groups attached to an aromatic ring is 1. The van der Waals surface area contributed by atoms with E-state index in [2.05, 4.69) is 25.7 Å². The molecule has 0 unspecified atom stereocenters. The number of rotatable bonds is 4. The van der Waals surface area contributed by atoms with E-state index in [-0.39, 0.29) is 0 Å². The van der Waals surface area contributed by atoms with Gasteiger partial charge in [0, 0.05) is 6.54 Å². The predicted molar refractivity (Wildman–Crippen MR) is 58.3 cm³/mol. The first-order chi connectivity index (χ1) is 7.88. The first-order valence-electron chi connectivity index (χ1n) is 5.39. The van der Waals surface area contributed by atoms with E-state index in [4.69, 9.17) is 5.84 Å². The van der Waals surface area contributed by atoms with Crippen LogP contribution in [0.1, 0.15) is 19.3 Å². The van der Waals surface area contributed by atoms with Crippen molar-refractivity contribution in [1.29, 1.82) is 0 Å². The maximum absolute atomic E-state index is 5.34. The fraction of sp³-hybridized carbons (Fsp3) is 0.556. The van der Waals surface area contributed by atoms with Gasteiger partial charge in [-0.05, 0) is 12.3 Å². The highest BCUT2D eigenvalue weighted by Gasteiger charge is 2.21. The molecule has 0 amide bonds. The first kappa shape index (κ1) is 9.46. The van der Waals surface area contributed by atoms with Gasteiger partial charge in [0.1, 0.15) is 6.33 Å². The van der Waals surface area contributed by atoms with Crippen LogP contribution < -0.4 is 11.3 Å². The highest BCUT2D eigenvalue weighted by Crippen LogP contribution is 2.32. The SMILES string of the molecule is NNc1ncnc2c1nnn2CCC1CC1. The number of nitrogens with two attached hydrogens (primary N) is 1. The van der Waals surface area contributed by atoms with Gasteiger partial charge in [-0.15, -0.1) is 5.10 Å². The van der Waals surface area contributed by atoms with E-state index in [0.29, 0.717) is 11.3 Å². The summed E-state index contributed by atoms with van der Waals surface area (Å²) in [5.41, 5.74) is 3.86. The van der Waals surface area contributed by atoms with Crippen molar-refractivity contribution in [2.45, 2.75) is 25.8 Å². The van der Waals surface area contributed by atoms with Crippen molar-refractivity contribution >= 4 is 17.0 Å². The van der Waals surface area contributed by atoms with E-state index < -0.39 is 0 Å². The summed E-state index contributed by atoms with van der Waals surface area (Å²) in [5.74, 6) is 6.73. The van der Waals surface area contributed by atoms with Crippen LogP contribution in [-0.2, 0) is 6.54 Å². The Bertz CT molecular complexity index is 502. The van der Waals surface area contributed by atoms with Crippen LogP contribution in [0.4, 0.5) is 5.82 Å². The molecule has 0 saturated heterocycles. The van der Waals surface area contributed by atoms with Gasteiger partial charge in [-0.3, -0.25) is 0 Å². The van der Waals surface area contributed by atoms with Crippen molar-refractivity contribution < 1.29 is 0 Å². The second-order valence-corrected chi connectivity index (χ2v) is 4.08. The largest absolute Gasteiger partial charge is 0.306 e. The zero-order chi connectivity index (χ0) is 11.0. The number of aryl methyl sites for hydroxylation is 1. The lowest BCUT2D eigenvalue weighted by molar-refractivity contribution is 0.541. The molecule has 0 bridgehead atoms. The summed E-state index contributed by atoms with van der Waals surface area (Å²) in [5, 5.41) is 8.11. The van der Waals surface area contributed by atoms with E-state index >= 15 is 0 Å². The fourth-order valence-corrected chi connectivity index (χ4v) is 1.76. The topological polar surface area (TPSA) is 94.5 Å². The van der Waals surface area contributed by atoms with Gasteiger partial charge in [-0.25, -0.2) is 20.5 Å². The van der Waals surface area contributed by atoms with Crippen molar-refractivity contribution in [3.05, 3.63) is 6.33 Å². The van der Waals surface area contributed by atoms with E-state index in [1.165, 1.54) is 19.2 Å². The molecule has 3 rings (SSSR count). The van der Waals surface area contributed by atoms with Crippen molar-refractivity contribution in [3.8, 4) is 0 Å². The molecule has 2 aromatic heterocycles. The summed E-state index contributed by atoms with van der Waals surface area (Å²) in [6.07, 6.45) is 5.30. The molecular weight excluding hydrogens is 206 g/mol. The second-order valence-electron chi connectivity index (χ2n) is 4.08. The Labute approximate surface area is 92.0 Å². The molecule has 1 aliphatic rings.